The molecule has 0 bridgehead atoms. The van der Waals surface area contributed by atoms with E-state index in [1.807, 2.05) is 59.5 Å². The standard InChI is InChI=1S/C40H35FN2O3/c41-31-18-20-37-35(22-31)36-23-32(19-21-38(36)43(37)26-40(45)46)42(25-30-16-9-15-27-14-7-8-17-33(27)30)39(44)24-34(28-10-3-1-4-11-28)29-12-5-2-6-13-29/h1-18,20,22,32,34H,19,21,23-26H2,(H,45,46). The zero-order valence-electron chi connectivity index (χ0n) is 25.5. The van der Waals surface area contributed by atoms with Crippen LogP contribution in [0.25, 0.3) is 21.7 Å². The molecule has 1 N–H and O–H groups in total. The number of rotatable bonds is 9. The van der Waals surface area contributed by atoms with Crippen LogP contribution in [-0.4, -0.2) is 32.5 Å². The third-order valence-corrected chi connectivity index (χ3v) is 9.46. The fourth-order valence-electron chi connectivity index (χ4n) is 7.31. The van der Waals surface area contributed by atoms with Gasteiger partial charge in [-0.15, -0.1) is 0 Å². The van der Waals surface area contributed by atoms with Gasteiger partial charge in [-0.3, -0.25) is 9.59 Å². The van der Waals surface area contributed by atoms with E-state index in [9.17, 15) is 19.1 Å². The van der Waals surface area contributed by atoms with E-state index in [-0.39, 0.29) is 30.2 Å². The first-order valence-electron chi connectivity index (χ1n) is 15.8. The number of amides is 1. The van der Waals surface area contributed by atoms with Crippen molar-refractivity contribution in [2.45, 2.75) is 50.7 Å². The predicted molar refractivity (Wildman–Crippen MR) is 179 cm³/mol. The average molecular weight is 611 g/mol. The maximum atomic E-state index is 14.7. The first-order valence-corrected chi connectivity index (χ1v) is 15.8. The minimum atomic E-state index is -0.938. The molecule has 1 heterocycles. The van der Waals surface area contributed by atoms with Gasteiger partial charge in [0.05, 0.1) is 0 Å². The van der Waals surface area contributed by atoms with Gasteiger partial charge in [0.25, 0.3) is 0 Å². The number of carboxylic acids is 1. The largest absolute Gasteiger partial charge is 0.480 e. The lowest BCUT2D eigenvalue weighted by molar-refractivity contribution is -0.137. The first-order chi connectivity index (χ1) is 22.5. The van der Waals surface area contributed by atoms with Crippen molar-refractivity contribution in [1.82, 2.24) is 9.47 Å². The van der Waals surface area contributed by atoms with Crippen molar-refractivity contribution in [2.75, 3.05) is 0 Å². The van der Waals surface area contributed by atoms with Crippen LogP contribution in [0.5, 0.6) is 0 Å². The van der Waals surface area contributed by atoms with Gasteiger partial charge >= 0.3 is 5.97 Å². The van der Waals surface area contributed by atoms with Gasteiger partial charge in [-0.1, -0.05) is 103 Å². The SMILES string of the molecule is O=C(O)Cn1c2c(c3cc(F)ccc31)CC(N(Cc1cccc3ccccc13)C(=O)CC(c1ccccc1)c1ccccc1)CC2. The van der Waals surface area contributed by atoms with Crippen LogP contribution in [0.15, 0.2) is 121 Å². The fraction of sp³-hybridized carbons (Fsp3) is 0.200. The molecule has 0 saturated heterocycles. The number of hydrogen-bond acceptors (Lipinski definition) is 2. The lowest BCUT2D eigenvalue weighted by atomic mass is 9.86. The van der Waals surface area contributed by atoms with Crippen LogP contribution >= 0.6 is 0 Å². The summed E-state index contributed by atoms with van der Waals surface area (Å²) in [6.07, 6.45) is 2.12. The molecule has 46 heavy (non-hydrogen) atoms. The molecule has 6 aromatic rings. The average Bonchev–Trinajstić information content (AvgIpc) is 3.37. The number of benzene rings is 5. The van der Waals surface area contributed by atoms with Crippen LogP contribution in [0.1, 0.15) is 46.7 Å². The third kappa shape index (κ3) is 5.79. The summed E-state index contributed by atoms with van der Waals surface area (Å²) in [6, 6.07) is 39.2. The van der Waals surface area contributed by atoms with Crippen LogP contribution in [0, 0.1) is 5.82 Å². The first kappa shape index (κ1) is 29.5. The molecule has 0 fully saturated rings. The number of carbonyl (C=O) groups is 2. The molecular weight excluding hydrogens is 575 g/mol. The highest BCUT2D eigenvalue weighted by Crippen LogP contribution is 2.37. The van der Waals surface area contributed by atoms with E-state index in [0.717, 1.165) is 49.6 Å². The maximum Gasteiger partial charge on any atom is 0.323 e. The van der Waals surface area contributed by atoms with Crippen molar-refractivity contribution >= 4 is 33.6 Å². The van der Waals surface area contributed by atoms with E-state index in [1.54, 1.807) is 10.6 Å². The zero-order valence-corrected chi connectivity index (χ0v) is 25.5. The Morgan fingerprint density at radius 2 is 1.50 bits per heavy atom. The maximum absolute atomic E-state index is 14.7. The molecule has 0 spiro atoms. The molecule has 0 saturated carbocycles. The van der Waals surface area contributed by atoms with E-state index >= 15 is 0 Å². The smallest absolute Gasteiger partial charge is 0.323 e. The molecule has 7 rings (SSSR count). The summed E-state index contributed by atoms with van der Waals surface area (Å²) in [7, 11) is 0. The lowest BCUT2D eigenvalue weighted by Gasteiger charge is -2.36. The van der Waals surface area contributed by atoms with Gasteiger partial charge in [-0.05, 0) is 70.5 Å². The Balaban J connectivity index is 1.29. The minimum Gasteiger partial charge on any atom is -0.480 e. The normalized spacial score (nSPS) is 14.4. The third-order valence-electron chi connectivity index (χ3n) is 9.46. The number of aromatic nitrogens is 1. The molecule has 230 valence electrons. The molecule has 0 radical (unpaired) electrons. The van der Waals surface area contributed by atoms with Crippen LogP contribution in [0.2, 0.25) is 0 Å². The van der Waals surface area contributed by atoms with Crippen molar-refractivity contribution < 1.29 is 19.1 Å². The highest BCUT2D eigenvalue weighted by molar-refractivity contribution is 5.88. The van der Waals surface area contributed by atoms with Crippen LogP contribution in [0.3, 0.4) is 0 Å². The Morgan fingerprint density at radius 3 is 2.22 bits per heavy atom. The fourth-order valence-corrected chi connectivity index (χ4v) is 7.31. The Hall–Kier alpha value is -5.23. The second-order valence-electron chi connectivity index (χ2n) is 12.2. The van der Waals surface area contributed by atoms with Gasteiger partial charge in [-0.25, -0.2) is 4.39 Å². The molecule has 5 aromatic carbocycles. The number of fused-ring (bicyclic) bond motifs is 4. The molecule has 1 aromatic heterocycles. The van der Waals surface area contributed by atoms with E-state index in [1.165, 1.54) is 12.1 Å². The van der Waals surface area contributed by atoms with Gasteiger partial charge in [0.2, 0.25) is 5.91 Å². The van der Waals surface area contributed by atoms with E-state index < -0.39 is 5.97 Å². The van der Waals surface area contributed by atoms with Crippen molar-refractivity contribution in [3.05, 3.63) is 155 Å². The van der Waals surface area contributed by atoms with E-state index in [4.69, 9.17) is 0 Å². The number of nitrogens with zero attached hydrogens (tertiary/aromatic N) is 2. The van der Waals surface area contributed by atoms with Crippen molar-refractivity contribution in [3.8, 4) is 0 Å². The Morgan fingerprint density at radius 1 is 0.826 bits per heavy atom. The number of carboxylic acid groups (broad SMARTS) is 1. The summed E-state index contributed by atoms with van der Waals surface area (Å²) in [5, 5.41) is 12.7. The molecule has 6 heteroatoms. The van der Waals surface area contributed by atoms with Crippen LogP contribution in [-0.2, 0) is 35.5 Å². The number of hydrogen-bond donors (Lipinski definition) is 1. The van der Waals surface area contributed by atoms with Crippen LogP contribution in [0.4, 0.5) is 4.39 Å². The quantitative estimate of drug-likeness (QED) is 0.180. The van der Waals surface area contributed by atoms with Gasteiger partial charge in [0, 0.05) is 41.5 Å². The molecule has 5 nitrogen and oxygen atoms in total. The number of halogens is 1. The lowest BCUT2D eigenvalue weighted by Crippen LogP contribution is -2.43. The zero-order chi connectivity index (χ0) is 31.6. The number of carbonyl (C=O) groups excluding carboxylic acids is 1. The predicted octanol–water partition coefficient (Wildman–Crippen LogP) is 8.13. The molecule has 0 aliphatic heterocycles. The monoisotopic (exact) mass is 610 g/mol. The number of aliphatic carboxylic acids is 1. The Kier molecular flexibility index (Phi) is 8.10. The molecular formula is C40H35FN2O3. The highest BCUT2D eigenvalue weighted by Gasteiger charge is 2.33. The summed E-state index contributed by atoms with van der Waals surface area (Å²) in [5.41, 5.74) is 5.83. The van der Waals surface area contributed by atoms with Crippen molar-refractivity contribution in [1.29, 1.82) is 0 Å². The summed E-state index contributed by atoms with van der Waals surface area (Å²) < 4.78 is 16.4. The highest BCUT2D eigenvalue weighted by atomic mass is 19.1. The van der Waals surface area contributed by atoms with Crippen LogP contribution < -0.4 is 0 Å². The summed E-state index contributed by atoms with van der Waals surface area (Å²) >= 11 is 0. The van der Waals surface area contributed by atoms with Gasteiger partial charge in [-0.2, -0.15) is 0 Å². The Bertz CT molecular complexity index is 1990. The van der Waals surface area contributed by atoms with Gasteiger partial charge in [0.1, 0.15) is 12.4 Å². The summed E-state index contributed by atoms with van der Waals surface area (Å²) in [5.74, 6) is -1.36. The molecule has 1 unspecified atom stereocenters. The van der Waals surface area contributed by atoms with Gasteiger partial charge < -0.3 is 14.6 Å². The molecule has 1 atom stereocenters. The van der Waals surface area contributed by atoms with E-state index in [0.29, 0.717) is 32.2 Å². The van der Waals surface area contributed by atoms with Crippen molar-refractivity contribution in [2.24, 2.45) is 0 Å². The van der Waals surface area contributed by atoms with E-state index in [2.05, 4.69) is 48.5 Å². The minimum absolute atomic E-state index is 0.0551. The second-order valence-corrected chi connectivity index (χ2v) is 12.2. The Labute approximate surface area is 267 Å². The second kappa shape index (κ2) is 12.6. The topological polar surface area (TPSA) is 62.5 Å². The summed E-state index contributed by atoms with van der Waals surface area (Å²) in [4.78, 5) is 28.6. The molecule has 1 aliphatic rings. The molecule has 1 aliphatic carbocycles. The van der Waals surface area contributed by atoms with Gasteiger partial charge in [0.15, 0.2) is 0 Å². The van der Waals surface area contributed by atoms with Crippen molar-refractivity contribution in [3.63, 3.8) is 0 Å². The summed E-state index contributed by atoms with van der Waals surface area (Å²) in [6.45, 7) is 0.259. The molecule has 1 amide bonds.